The maximum Gasteiger partial charge on any atom is 0.254 e. The van der Waals surface area contributed by atoms with Crippen molar-refractivity contribution in [3.63, 3.8) is 0 Å². The molecule has 116 valence electrons. The number of primary sulfonamides is 1. The summed E-state index contributed by atoms with van der Waals surface area (Å²) in [4.78, 5) is 14.4. The minimum Gasteiger partial charge on any atom is -0.339 e. The van der Waals surface area contributed by atoms with E-state index in [1.807, 2.05) is 6.92 Å². The van der Waals surface area contributed by atoms with E-state index in [2.05, 4.69) is 15.9 Å². The van der Waals surface area contributed by atoms with Gasteiger partial charge in [0.15, 0.2) is 0 Å². The number of halogens is 1. The Kier molecular flexibility index (Phi) is 4.75. The first-order valence-corrected chi connectivity index (χ1v) is 9.20. The van der Waals surface area contributed by atoms with Crippen LogP contribution in [0.15, 0.2) is 21.5 Å². The van der Waals surface area contributed by atoms with Gasteiger partial charge in [0.05, 0.1) is 4.90 Å². The van der Waals surface area contributed by atoms with Crippen molar-refractivity contribution >= 4 is 31.9 Å². The Labute approximate surface area is 133 Å². The molecule has 0 bridgehead atoms. The fraction of sp³-hybridized carbons (Fsp3) is 0.500. The number of sulfonamides is 1. The third-order valence-corrected chi connectivity index (χ3v) is 5.44. The van der Waals surface area contributed by atoms with Crippen LogP contribution < -0.4 is 5.14 Å². The molecule has 1 aromatic carbocycles. The normalized spacial score (nSPS) is 15.0. The number of carbonyl (C=O) groups excluding carboxylic acids is 1. The van der Waals surface area contributed by atoms with Gasteiger partial charge in [0.2, 0.25) is 10.0 Å². The molecule has 1 aliphatic carbocycles. The number of rotatable bonds is 5. The molecule has 2 rings (SSSR count). The second-order valence-corrected chi connectivity index (χ2v) is 7.83. The number of benzene rings is 1. The summed E-state index contributed by atoms with van der Waals surface area (Å²) in [5.74, 6) is 0.437. The zero-order valence-electron chi connectivity index (χ0n) is 12.1. The second kappa shape index (κ2) is 6.06. The van der Waals surface area contributed by atoms with Crippen LogP contribution in [0.4, 0.5) is 0 Å². The van der Waals surface area contributed by atoms with Crippen LogP contribution in [0, 0.1) is 12.8 Å². The molecule has 7 heteroatoms. The van der Waals surface area contributed by atoms with Gasteiger partial charge in [-0.15, -0.1) is 0 Å². The smallest absolute Gasteiger partial charge is 0.254 e. The van der Waals surface area contributed by atoms with Gasteiger partial charge in [0, 0.05) is 23.1 Å². The molecule has 0 radical (unpaired) electrons. The molecule has 1 amide bonds. The summed E-state index contributed by atoms with van der Waals surface area (Å²) in [5.41, 5.74) is 1.11. The maximum absolute atomic E-state index is 12.7. The Morgan fingerprint density at radius 3 is 2.52 bits per heavy atom. The standard InChI is InChI=1S/C14H19BrN2O3S/c1-3-17(8-10-4-5-10)14(18)12-6-11(21(16,19)20)7-13(15)9(12)2/h6-7,10H,3-5,8H2,1-2H3,(H2,16,19,20). The number of amides is 1. The van der Waals surface area contributed by atoms with Crippen LogP contribution in [0.1, 0.15) is 35.7 Å². The van der Waals surface area contributed by atoms with Gasteiger partial charge in [0.1, 0.15) is 0 Å². The molecule has 0 spiro atoms. The predicted molar refractivity (Wildman–Crippen MR) is 84.6 cm³/mol. The second-order valence-electron chi connectivity index (χ2n) is 5.41. The van der Waals surface area contributed by atoms with Crippen LogP contribution in [0.25, 0.3) is 0 Å². The lowest BCUT2D eigenvalue weighted by atomic mass is 10.1. The highest BCUT2D eigenvalue weighted by Crippen LogP contribution is 2.31. The molecule has 0 heterocycles. The van der Waals surface area contributed by atoms with Crippen LogP contribution in [-0.4, -0.2) is 32.3 Å². The van der Waals surface area contributed by atoms with Crippen molar-refractivity contribution in [2.75, 3.05) is 13.1 Å². The predicted octanol–water partition coefficient (Wildman–Crippen LogP) is 2.28. The van der Waals surface area contributed by atoms with Crippen LogP contribution in [0.5, 0.6) is 0 Å². The fourth-order valence-corrected chi connectivity index (χ4v) is 3.35. The molecule has 0 unspecified atom stereocenters. The molecule has 0 aromatic heterocycles. The van der Waals surface area contributed by atoms with Gasteiger partial charge < -0.3 is 4.90 Å². The summed E-state index contributed by atoms with van der Waals surface area (Å²) in [6, 6.07) is 2.80. The highest BCUT2D eigenvalue weighted by atomic mass is 79.9. The van der Waals surface area contributed by atoms with E-state index < -0.39 is 10.0 Å². The molecule has 1 aromatic rings. The van der Waals surface area contributed by atoms with Gasteiger partial charge in [-0.05, 0) is 50.3 Å². The number of nitrogens with two attached hydrogens (primary N) is 1. The lowest BCUT2D eigenvalue weighted by Crippen LogP contribution is -2.33. The molecular formula is C14H19BrN2O3S. The summed E-state index contributed by atoms with van der Waals surface area (Å²) in [6.07, 6.45) is 2.31. The summed E-state index contributed by atoms with van der Waals surface area (Å²) in [7, 11) is -3.84. The number of carbonyl (C=O) groups is 1. The third kappa shape index (κ3) is 3.84. The van der Waals surface area contributed by atoms with Gasteiger partial charge in [-0.2, -0.15) is 0 Å². The molecule has 0 atom stereocenters. The minimum atomic E-state index is -3.84. The highest BCUT2D eigenvalue weighted by Gasteiger charge is 2.28. The van der Waals surface area contributed by atoms with E-state index in [1.165, 1.54) is 12.1 Å². The Balaban J connectivity index is 2.41. The van der Waals surface area contributed by atoms with Crippen molar-refractivity contribution < 1.29 is 13.2 Å². The van der Waals surface area contributed by atoms with E-state index in [-0.39, 0.29) is 10.8 Å². The minimum absolute atomic E-state index is 0.0502. The van der Waals surface area contributed by atoms with Gasteiger partial charge in [-0.3, -0.25) is 4.79 Å². The molecule has 1 saturated carbocycles. The Hall–Kier alpha value is -0.920. The summed E-state index contributed by atoms with van der Waals surface area (Å²) in [5, 5.41) is 5.17. The molecule has 1 fully saturated rings. The Morgan fingerprint density at radius 1 is 1.43 bits per heavy atom. The first-order valence-electron chi connectivity index (χ1n) is 6.86. The SMILES string of the molecule is CCN(CC1CC1)C(=O)c1cc(S(N)(=O)=O)cc(Br)c1C. The summed E-state index contributed by atoms with van der Waals surface area (Å²) < 4.78 is 23.6. The topological polar surface area (TPSA) is 80.5 Å². The van der Waals surface area contributed by atoms with Crippen molar-refractivity contribution in [1.82, 2.24) is 4.90 Å². The number of nitrogens with zero attached hydrogens (tertiary/aromatic N) is 1. The first-order chi connectivity index (χ1) is 9.74. The van der Waals surface area contributed by atoms with Crippen molar-refractivity contribution in [2.24, 2.45) is 11.1 Å². The van der Waals surface area contributed by atoms with E-state index in [0.717, 1.165) is 24.9 Å². The number of hydrogen-bond donors (Lipinski definition) is 1. The van der Waals surface area contributed by atoms with Crippen LogP contribution in [-0.2, 0) is 10.0 Å². The number of hydrogen-bond acceptors (Lipinski definition) is 3. The highest BCUT2D eigenvalue weighted by molar-refractivity contribution is 9.10. The van der Waals surface area contributed by atoms with E-state index in [4.69, 9.17) is 5.14 Å². The maximum atomic E-state index is 12.7. The summed E-state index contributed by atoms with van der Waals surface area (Å²) in [6.45, 7) is 5.04. The lowest BCUT2D eigenvalue weighted by Gasteiger charge is -2.22. The zero-order chi connectivity index (χ0) is 15.8. The molecule has 0 saturated heterocycles. The van der Waals surface area contributed by atoms with Crippen molar-refractivity contribution in [3.8, 4) is 0 Å². The van der Waals surface area contributed by atoms with E-state index >= 15 is 0 Å². The molecule has 2 N–H and O–H groups in total. The monoisotopic (exact) mass is 374 g/mol. The van der Waals surface area contributed by atoms with Gasteiger partial charge in [0.25, 0.3) is 5.91 Å². The molecular weight excluding hydrogens is 356 g/mol. The third-order valence-electron chi connectivity index (χ3n) is 3.72. The van der Waals surface area contributed by atoms with Gasteiger partial charge in [-0.25, -0.2) is 13.6 Å². The molecule has 0 aliphatic heterocycles. The van der Waals surface area contributed by atoms with E-state index in [0.29, 0.717) is 22.5 Å². The Bertz CT molecular complexity index is 669. The quantitative estimate of drug-likeness (QED) is 0.857. The van der Waals surface area contributed by atoms with Gasteiger partial charge >= 0.3 is 0 Å². The van der Waals surface area contributed by atoms with E-state index in [9.17, 15) is 13.2 Å². The largest absolute Gasteiger partial charge is 0.339 e. The molecule has 21 heavy (non-hydrogen) atoms. The average molecular weight is 375 g/mol. The Morgan fingerprint density at radius 2 is 2.05 bits per heavy atom. The van der Waals surface area contributed by atoms with Gasteiger partial charge in [-0.1, -0.05) is 15.9 Å². The summed E-state index contributed by atoms with van der Waals surface area (Å²) >= 11 is 3.30. The van der Waals surface area contributed by atoms with Crippen molar-refractivity contribution in [2.45, 2.75) is 31.6 Å². The first kappa shape index (κ1) is 16.5. The average Bonchev–Trinajstić information content (AvgIpc) is 3.21. The van der Waals surface area contributed by atoms with Crippen molar-refractivity contribution in [3.05, 3.63) is 27.7 Å². The van der Waals surface area contributed by atoms with Crippen molar-refractivity contribution in [1.29, 1.82) is 0 Å². The fourth-order valence-electron chi connectivity index (χ4n) is 2.18. The molecule has 5 nitrogen and oxygen atoms in total. The lowest BCUT2D eigenvalue weighted by molar-refractivity contribution is 0.0756. The van der Waals surface area contributed by atoms with E-state index in [1.54, 1.807) is 11.8 Å². The van der Waals surface area contributed by atoms with Crippen LogP contribution in [0.2, 0.25) is 0 Å². The molecule has 1 aliphatic rings. The zero-order valence-corrected chi connectivity index (χ0v) is 14.5. The van der Waals surface area contributed by atoms with Crippen LogP contribution in [0.3, 0.4) is 0 Å². The van der Waals surface area contributed by atoms with Crippen LogP contribution >= 0.6 is 15.9 Å².